The van der Waals surface area contributed by atoms with Crippen molar-refractivity contribution >= 4 is 23.9 Å². The monoisotopic (exact) mass is 308 g/mol. The molecule has 0 aromatic rings. The van der Waals surface area contributed by atoms with Gasteiger partial charge in [-0.3, -0.25) is 0 Å². The molecule has 0 amide bonds. The average molecular weight is 308 g/mol. The lowest BCUT2D eigenvalue weighted by Crippen LogP contribution is -2.25. The summed E-state index contributed by atoms with van der Waals surface area (Å²) in [4.78, 5) is 45.6. The molecule has 0 radical (unpaired) electrons. The first-order valence-electron chi connectivity index (χ1n) is 6.19. The molecule has 0 spiro atoms. The smallest absolute Gasteiger partial charge is 0.333 e. The molecule has 0 aromatic heterocycles. The summed E-state index contributed by atoms with van der Waals surface area (Å²) < 4.78 is 0. The lowest BCUT2D eigenvalue weighted by atomic mass is 9.86. The molecule has 2 aliphatic carbocycles. The summed E-state index contributed by atoms with van der Waals surface area (Å²) in [5.41, 5.74) is -1.58. The van der Waals surface area contributed by atoms with E-state index in [0.29, 0.717) is 5.57 Å². The zero-order valence-electron chi connectivity index (χ0n) is 11.6. The molecule has 0 unspecified atom stereocenters. The molecule has 2 rings (SSSR count). The molecule has 0 atom stereocenters. The minimum absolute atomic E-state index is 0.213. The number of carboxylic acid groups (broad SMARTS) is 4. The maximum atomic E-state index is 11.4. The van der Waals surface area contributed by atoms with Gasteiger partial charge in [0.25, 0.3) is 0 Å². The van der Waals surface area contributed by atoms with E-state index in [4.69, 9.17) is 0 Å². The van der Waals surface area contributed by atoms with E-state index in [1.165, 1.54) is 0 Å². The zero-order valence-corrected chi connectivity index (χ0v) is 11.6. The van der Waals surface area contributed by atoms with Gasteiger partial charge in [0.15, 0.2) is 0 Å². The van der Waals surface area contributed by atoms with E-state index in [9.17, 15) is 39.6 Å². The Morgan fingerprint density at radius 2 is 0.864 bits per heavy atom. The third-order valence-electron chi connectivity index (χ3n) is 3.86. The van der Waals surface area contributed by atoms with Gasteiger partial charge in [-0.15, -0.1) is 0 Å². The largest absolute Gasteiger partial charge is 0.478 e. The normalized spacial score (nSPS) is 23.1. The Hall–Kier alpha value is -2.90. The van der Waals surface area contributed by atoms with E-state index in [2.05, 4.69) is 0 Å². The summed E-state index contributed by atoms with van der Waals surface area (Å²) in [6, 6.07) is 0. The number of hydrogen-bond donors (Lipinski definition) is 4. The number of carboxylic acids is 4. The van der Waals surface area contributed by atoms with Gasteiger partial charge in [-0.1, -0.05) is 5.57 Å². The van der Waals surface area contributed by atoms with E-state index >= 15 is 0 Å². The summed E-state index contributed by atoms with van der Waals surface area (Å²) in [6.07, 6.45) is 0. The molecule has 2 aliphatic rings. The maximum absolute atomic E-state index is 11.4. The zero-order chi connectivity index (χ0) is 16.9. The maximum Gasteiger partial charge on any atom is 0.333 e. The van der Waals surface area contributed by atoms with Crippen LogP contribution >= 0.6 is 0 Å². The van der Waals surface area contributed by atoms with Gasteiger partial charge in [0.2, 0.25) is 0 Å². The molecular formula is C14H12O8. The van der Waals surface area contributed by atoms with Crippen molar-refractivity contribution in [1.29, 1.82) is 0 Å². The second-order valence-corrected chi connectivity index (χ2v) is 5.20. The highest BCUT2D eigenvalue weighted by molar-refractivity contribution is 6.13. The Balaban J connectivity index is 2.88. The van der Waals surface area contributed by atoms with Crippen molar-refractivity contribution in [2.75, 3.05) is 0 Å². The van der Waals surface area contributed by atoms with Crippen LogP contribution in [0.3, 0.4) is 0 Å². The van der Waals surface area contributed by atoms with Gasteiger partial charge in [0.1, 0.15) is 0 Å². The molecule has 0 fully saturated rings. The van der Waals surface area contributed by atoms with Crippen LogP contribution < -0.4 is 0 Å². The van der Waals surface area contributed by atoms with E-state index in [1.54, 1.807) is 13.8 Å². The van der Waals surface area contributed by atoms with Crippen LogP contribution in [0.25, 0.3) is 0 Å². The van der Waals surface area contributed by atoms with E-state index in [0.717, 1.165) is 0 Å². The molecule has 0 heterocycles. The van der Waals surface area contributed by atoms with Crippen LogP contribution in [0.5, 0.6) is 0 Å². The van der Waals surface area contributed by atoms with Gasteiger partial charge in [-0.25, -0.2) is 19.2 Å². The van der Waals surface area contributed by atoms with Crippen molar-refractivity contribution in [2.45, 2.75) is 13.8 Å². The predicted octanol–water partition coefficient (Wildman–Crippen LogP) is 0.514. The van der Waals surface area contributed by atoms with Crippen molar-refractivity contribution in [3.05, 3.63) is 33.4 Å². The van der Waals surface area contributed by atoms with Gasteiger partial charge < -0.3 is 20.4 Å². The first kappa shape index (κ1) is 15.5. The highest BCUT2D eigenvalue weighted by Gasteiger charge is 2.57. The molecule has 8 heteroatoms. The Labute approximate surface area is 123 Å². The van der Waals surface area contributed by atoms with E-state index < -0.39 is 58.0 Å². The van der Waals surface area contributed by atoms with Crippen LogP contribution in [0.1, 0.15) is 13.8 Å². The van der Waals surface area contributed by atoms with Crippen molar-refractivity contribution < 1.29 is 39.6 Å². The topological polar surface area (TPSA) is 149 Å². The molecule has 2 bridgehead atoms. The molecule has 0 aliphatic heterocycles. The highest BCUT2D eigenvalue weighted by Crippen LogP contribution is 2.56. The Kier molecular flexibility index (Phi) is 3.40. The second-order valence-electron chi connectivity index (χ2n) is 5.20. The third kappa shape index (κ3) is 1.84. The predicted molar refractivity (Wildman–Crippen MR) is 69.9 cm³/mol. The van der Waals surface area contributed by atoms with Crippen molar-refractivity contribution in [2.24, 2.45) is 11.8 Å². The highest BCUT2D eigenvalue weighted by atomic mass is 16.4. The Bertz CT molecular complexity index is 626. The number of carbonyl (C=O) groups is 4. The molecular weight excluding hydrogens is 296 g/mol. The first-order chi connectivity index (χ1) is 10.1. The van der Waals surface area contributed by atoms with Crippen molar-refractivity contribution in [1.82, 2.24) is 0 Å². The number of hydrogen-bond acceptors (Lipinski definition) is 4. The number of aliphatic carboxylic acids is 4. The first-order valence-corrected chi connectivity index (χ1v) is 6.19. The summed E-state index contributed by atoms with van der Waals surface area (Å²) >= 11 is 0. The molecule has 0 aromatic carbocycles. The van der Waals surface area contributed by atoms with Gasteiger partial charge >= 0.3 is 23.9 Å². The molecule has 0 saturated carbocycles. The van der Waals surface area contributed by atoms with E-state index in [1.807, 2.05) is 0 Å². The van der Waals surface area contributed by atoms with Crippen LogP contribution in [-0.2, 0) is 19.2 Å². The van der Waals surface area contributed by atoms with Crippen LogP contribution in [0, 0.1) is 11.8 Å². The Morgan fingerprint density at radius 3 is 1.00 bits per heavy atom. The lowest BCUT2D eigenvalue weighted by molar-refractivity contribution is -0.138. The van der Waals surface area contributed by atoms with Gasteiger partial charge in [-0.05, 0) is 19.4 Å². The molecule has 116 valence electrons. The van der Waals surface area contributed by atoms with Crippen molar-refractivity contribution in [3.8, 4) is 0 Å². The van der Waals surface area contributed by atoms with Gasteiger partial charge in [0.05, 0.1) is 22.3 Å². The molecule has 0 saturated heterocycles. The van der Waals surface area contributed by atoms with Crippen molar-refractivity contribution in [3.63, 3.8) is 0 Å². The Morgan fingerprint density at radius 1 is 0.636 bits per heavy atom. The molecule has 8 nitrogen and oxygen atoms in total. The second kappa shape index (κ2) is 4.83. The van der Waals surface area contributed by atoms with Gasteiger partial charge in [0, 0.05) is 11.8 Å². The van der Waals surface area contributed by atoms with Crippen LogP contribution in [0.4, 0.5) is 0 Å². The fourth-order valence-corrected chi connectivity index (χ4v) is 3.23. The lowest BCUT2D eigenvalue weighted by Gasteiger charge is -2.16. The quantitative estimate of drug-likeness (QED) is 0.549. The molecule has 22 heavy (non-hydrogen) atoms. The summed E-state index contributed by atoms with van der Waals surface area (Å²) in [5, 5.41) is 37.1. The standard InChI is InChI=1S/C14H12O8/c1-3(2)4-5-7(11(15)16)9(13(19)20)6(4)10(14(21)22)8(5)12(17)18/h5-6H,1-2H3,(H,15,16)(H,17,18)(H,19,20)(H,21,22). The number of rotatable bonds is 4. The number of fused-ring (bicyclic) bond motifs is 2. The third-order valence-corrected chi connectivity index (χ3v) is 3.86. The van der Waals surface area contributed by atoms with Gasteiger partial charge in [-0.2, -0.15) is 0 Å². The minimum Gasteiger partial charge on any atom is -0.478 e. The summed E-state index contributed by atoms with van der Waals surface area (Å²) in [7, 11) is 0. The average Bonchev–Trinajstić information content (AvgIpc) is 2.87. The fraction of sp³-hybridized carbons (Fsp3) is 0.286. The fourth-order valence-electron chi connectivity index (χ4n) is 3.23. The summed E-state index contributed by atoms with van der Waals surface area (Å²) in [6.45, 7) is 3.12. The minimum atomic E-state index is -1.56. The van der Waals surface area contributed by atoms with Crippen LogP contribution in [0.15, 0.2) is 33.4 Å². The van der Waals surface area contributed by atoms with Crippen LogP contribution in [-0.4, -0.2) is 44.3 Å². The molecule has 4 N–H and O–H groups in total. The van der Waals surface area contributed by atoms with Crippen LogP contribution in [0.2, 0.25) is 0 Å². The number of allylic oxidation sites excluding steroid dienone is 2. The SMILES string of the molecule is CC(C)=C1C2C(C(=O)O)=C(C(=O)O)C1C(C(=O)O)=C2C(=O)O. The van der Waals surface area contributed by atoms with E-state index in [-0.39, 0.29) is 5.57 Å². The summed E-state index contributed by atoms with van der Waals surface area (Å²) in [5.74, 6) is -8.94.